The van der Waals surface area contributed by atoms with Crippen LogP contribution < -0.4 is 4.74 Å². The van der Waals surface area contributed by atoms with Crippen molar-refractivity contribution in [2.24, 2.45) is 0 Å². The summed E-state index contributed by atoms with van der Waals surface area (Å²) in [6.45, 7) is -3.05. The van der Waals surface area contributed by atoms with E-state index in [0.717, 1.165) is 4.90 Å². The van der Waals surface area contributed by atoms with Gasteiger partial charge in [-0.3, -0.25) is 9.59 Å². The molecule has 0 bridgehead atoms. The number of carbonyl (C=O) groups is 2. The van der Waals surface area contributed by atoms with E-state index in [1.807, 2.05) is 0 Å². The van der Waals surface area contributed by atoms with E-state index in [4.69, 9.17) is 5.11 Å². The SMILES string of the molecule is CN(CCC(=O)O)C(=O)c1ccccc1OC(F)F. The molecule has 0 saturated heterocycles. The number of ether oxygens (including phenoxy) is 1. The average molecular weight is 273 g/mol. The lowest BCUT2D eigenvalue weighted by Gasteiger charge is -2.18. The number of halogens is 2. The molecule has 0 heterocycles. The van der Waals surface area contributed by atoms with Gasteiger partial charge in [0.05, 0.1) is 12.0 Å². The number of para-hydroxylation sites is 1. The quantitative estimate of drug-likeness (QED) is 0.858. The first kappa shape index (κ1) is 14.9. The van der Waals surface area contributed by atoms with Crippen molar-refractivity contribution in [2.45, 2.75) is 13.0 Å². The molecule has 1 N–H and O–H groups in total. The van der Waals surface area contributed by atoms with Gasteiger partial charge in [0.2, 0.25) is 0 Å². The number of carboxylic acid groups (broad SMARTS) is 1. The zero-order valence-corrected chi connectivity index (χ0v) is 10.2. The van der Waals surface area contributed by atoms with Crippen molar-refractivity contribution < 1.29 is 28.2 Å². The van der Waals surface area contributed by atoms with Gasteiger partial charge < -0.3 is 14.7 Å². The molecule has 0 atom stereocenters. The van der Waals surface area contributed by atoms with Crippen LogP contribution in [0.1, 0.15) is 16.8 Å². The molecule has 0 radical (unpaired) electrons. The summed E-state index contributed by atoms with van der Waals surface area (Å²) < 4.78 is 28.6. The Labute approximate surface area is 108 Å². The summed E-state index contributed by atoms with van der Waals surface area (Å²) in [4.78, 5) is 23.5. The van der Waals surface area contributed by atoms with E-state index >= 15 is 0 Å². The number of carboxylic acids is 1. The van der Waals surface area contributed by atoms with Gasteiger partial charge in [0.1, 0.15) is 5.75 Å². The minimum atomic E-state index is -3.03. The van der Waals surface area contributed by atoms with E-state index in [1.54, 1.807) is 0 Å². The van der Waals surface area contributed by atoms with Crippen molar-refractivity contribution in [3.05, 3.63) is 29.8 Å². The first-order valence-electron chi connectivity index (χ1n) is 5.43. The maximum absolute atomic E-state index is 12.2. The number of aliphatic carboxylic acids is 1. The number of hydrogen-bond acceptors (Lipinski definition) is 3. The summed E-state index contributed by atoms with van der Waals surface area (Å²) in [5, 5.41) is 8.53. The van der Waals surface area contributed by atoms with Crippen LogP contribution in [0.5, 0.6) is 5.75 Å². The van der Waals surface area contributed by atoms with E-state index in [2.05, 4.69) is 4.74 Å². The van der Waals surface area contributed by atoms with Crippen LogP contribution in [-0.4, -0.2) is 42.1 Å². The van der Waals surface area contributed by atoms with E-state index < -0.39 is 18.5 Å². The number of rotatable bonds is 6. The Balaban J connectivity index is 2.83. The van der Waals surface area contributed by atoms with Crippen LogP contribution in [-0.2, 0) is 4.79 Å². The van der Waals surface area contributed by atoms with Crippen LogP contribution >= 0.6 is 0 Å². The van der Waals surface area contributed by atoms with Gasteiger partial charge in [0.25, 0.3) is 5.91 Å². The highest BCUT2D eigenvalue weighted by molar-refractivity contribution is 5.96. The molecular formula is C12H13F2NO4. The molecule has 104 valence electrons. The molecule has 0 fully saturated rings. The molecule has 0 aliphatic rings. The van der Waals surface area contributed by atoms with Crippen molar-refractivity contribution in [3.8, 4) is 5.75 Å². The molecule has 0 aromatic heterocycles. The maximum atomic E-state index is 12.2. The molecule has 0 aliphatic carbocycles. The molecule has 0 aliphatic heterocycles. The second kappa shape index (κ2) is 6.67. The summed E-state index contributed by atoms with van der Waals surface area (Å²) in [6, 6.07) is 5.57. The van der Waals surface area contributed by atoms with Gasteiger partial charge in [-0.1, -0.05) is 12.1 Å². The lowest BCUT2D eigenvalue weighted by atomic mass is 10.1. The Kier molecular flexibility index (Phi) is 5.23. The highest BCUT2D eigenvalue weighted by Crippen LogP contribution is 2.21. The third-order valence-electron chi connectivity index (χ3n) is 2.34. The Hall–Kier alpha value is -2.18. The number of hydrogen-bond donors (Lipinski definition) is 1. The van der Waals surface area contributed by atoms with Gasteiger partial charge >= 0.3 is 12.6 Å². The molecule has 0 spiro atoms. The minimum absolute atomic E-state index is 0.0167. The lowest BCUT2D eigenvalue weighted by molar-refractivity contribution is -0.137. The minimum Gasteiger partial charge on any atom is -0.481 e. The van der Waals surface area contributed by atoms with Crippen molar-refractivity contribution in [1.82, 2.24) is 4.90 Å². The van der Waals surface area contributed by atoms with Crippen LogP contribution in [0.3, 0.4) is 0 Å². The number of nitrogens with zero attached hydrogens (tertiary/aromatic N) is 1. The van der Waals surface area contributed by atoms with E-state index in [0.29, 0.717) is 0 Å². The highest BCUT2D eigenvalue weighted by atomic mass is 19.3. The number of carbonyl (C=O) groups excluding carboxylic acids is 1. The Morgan fingerprint density at radius 2 is 2.00 bits per heavy atom. The second-order valence-electron chi connectivity index (χ2n) is 3.75. The van der Waals surface area contributed by atoms with Crippen molar-refractivity contribution >= 4 is 11.9 Å². The fourth-order valence-electron chi connectivity index (χ4n) is 1.41. The largest absolute Gasteiger partial charge is 0.481 e. The topological polar surface area (TPSA) is 66.8 Å². The van der Waals surface area contributed by atoms with Gasteiger partial charge in [-0.05, 0) is 12.1 Å². The van der Waals surface area contributed by atoms with E-state index in [-0.39, 0.29) is 24.3 Å². The first-order valence-corrected chi connectivity index (χ1v) is 5.43. The molecule has 1 amide bonds. The predicted octanol–water partition coefficient (Wildman–Crippen LogP) is 1.83. The van der Waals surface area contributed by atoms with Crippen LogP contribution in [0.4, 0.5) is 8.78 Å². The zero-order valence-electron chi connectivity index (χ0n) is 10.2. The summed E-state index contributed by atoms with van der Waals surface area (Å²) >= 11 is 0. The fraction of sp³-hybridized carbons (Fsp3) is 0.333. The fourth-order valence-corrected chi connectivity index (χ4v) is 1.41. The second-order valence-corrected chi connectivity index (χ2v) is 3.75. The number of amides is 1. The third kappa shape index (κ3) is 4.53. The number of benzene rings is 1. The van der Waals surface area contributed by atoms with Crippen LogP contribution in [0.25, 0.3) is 0 Å². The summed E-state index contributed by atoms with van der Waals surface area (Å²) in [5.41, 5.74) is -0.0318. The van der Waals surface area contributed by atoms with Gasteiger partial charge in [-0.15, -0.1) is 0 Å². The van der Waals surface area contributed by atoms with Crippen LogP contribution in [0.2, 0.25) is 0 Å². The van der Waals surface area contributed by atoms with Crippen molar-refractivity contribution in [3.63, 3.8) is 0 Å². The summed E-state index contributed by atoms with van der Waals surface area (Å²) in [6.07, 6.45) is -0.222. The van der Waals surface area contributed by atoms with Crippen LogP contribution in [0.15, 0.2) is 24.3 Å². The third-order valence-corrected chi connectivity index (χ3v) is 2.34. The molecule has 0 saturated carbocycles. The predicted molar refractivity (Wildman–Crippen MR) is 62.3 cm³/mol. The van der Waals surface area contributed by atoms with Gasteiger partial charge in [-0.2, -0.15) is 8.78 Å². The molecular weight excluding hydrogens is 260 g/mol. The summed E-state index contributed by atoms with van der Waals surface area (Å²) in [7, 11) is 1.39. The molecule has 1 aromatic rings. The lowest BCUT2D eigenvalue weighted by Crippen LogP contribution is -2.29. The standard InChI is InChI=1S/C12H13F2NO4/c1-15(7-6-10(16)17)11(18)8-4-2-3-5-9(8)19-12(13)14/h2-5,12H,6-7H2,1H3,(H,16,17). The summed E-state index contributed by atoms with van der Waals surface area (Å²) in [5.74, 6) is -1.85. The zero-order chi connectivity index (χ0) is 14.4. The Bertz CT molecular complexity index is 465. The normalized spacial score (nSPS) is 10.3. The molecule has 1 aromatic carbocycles. The number of alkyl halides is 2. The molecule has 1 rings (SSSR count). The average Bonchev–Trinajstić information content (AvgIpc) is 2.35. The van der Waals surface area contributed by atoms with Crippen molar-refractivity contribution in [2.75, 3.05) is 13.6 Å². The Morgan fingerprint density at radius 1 is 1.37 bits per heavy atom. The monoisotopic (exact) mass is 273 g/mol. The molecule has 0 unspecified atom stereocenters. The Morgan fingerprint density at radius 3 is 2.58 bits per heavy atom. The van der Waals surface area contributed by atoms with Gasteiger partial charge in [-0.25, -0.2) is 0 Å². The van der Waals surface area contributed by atoms with Gasteiger partial charge in [0.15, 0.2) is 0 Å². The van der Waals surface area contributed by atoms with Gasteiger partial charge in [0, 0.05) is 13.6 Å². The first-order chi connectivity index (χ1) is 8.91. The van der Waals surface area contributed by atoms with Crippen LogP contribution in [0, 0.1) is 0 Å². The van der Waals surface area contributed by atoms with Crippen molar-refractivity contribution in [1.29, 1.82) is 0 Å². The molecule has 19 heavy (non-hydrogen) atoms. The molecule has 5 nitrogen and oxygen atoms in total. The maximum Gasteiger partial charge on any atom is 0.387 e. The van der Waals surface area contributed by atoms with E-state index in [9.17, 15) is 18.4 Å². The smallest absolute Gasteiger partial charge is 0.387 e. The highest BCUT2D eigenvalue weighted by Gasteiger charge is 2.18. The van der Waals surface area contributed by atoms with E-state index in [1.165, 1.54) is 31.3 Å². The molecule has 7 heteroatoms.